The Labute approximate surface area is 122 Å². The van der Waals surface area contributed by atoms with Crippen LogP contribution in [0.5, 0.6) is 17.4 Å². The maximum atomic E-state index is 5.92. The zero-order chi connectivity index (χ0) is 14.8. The van der Waals surface area contributed by atoms with Gasteiger partial charge in [0.2, 0.25) is 0 Å². The number of rotatable bonds is 3. The molecule has 0 aliphatic rings. The highest BCUT2D eigenvalue weighted by Gasteiger charge is 2.11. The number of fused-ring (bicyclic) bond motifs is 1. The number of methoxy groups -OCH3 is 1. The average Bonchev–Trinajstić information content (AvgIpc) is 2.49. The lowest BCUT2D eigenvalue weighted by Gasteiger charge is -2.11. The van der Waals surface area contributed by atoms with Gasteiger partial charge in [0.15, 0.2) is 17.3 Å². The van der Waals surface area contributed by atoms with Gasteiger partial charge in [-0.05, 0) is 36.8 Å². The fourth-order valence-corrected chi connectivity index (χ4v) is 2.04. The largest absolute Gasteiger partial charge is 0.493 e. The first-order chi connectivity index (χ1) is 10.2. The minimum atomic E-state index is 0.247. The Kier molecular flexibility index (Phi) is 3.31. The predicted octanol–water partition coefficient (Wildman–Crippen LogP) is 3.32. The summed E-state index contributed by atoms with van der Waals surface area (Å²) in [5.74, 6) is 1.70. The van der Waals surface area contributed by atoms with Gasteiger partial charge >= 0.3 is 0 Å². The number of benzene rings is 2. The molecule has 0 fully saturated rings. The van der Waals surface area contributed by atoms with E-state index in [-0.39, 0.29) is 11.7 Å². The molecule has 3 aromatic rings. The summed E-state index contributed by atoms with van der Waals surface area (Å²) in [7, 11) is 1.59. The van der Waals surface area contributed by atoms with Gasteiger partial charge in [0.25, 0.3) is 5.88 Å². The molecule has 0 amide bonds. The Morgan fingerprint density at radius 1 is 0.952 bits per heavy atom. The highest BCUT2D eigenvalue weighted by atomic mass is 16.5. The summed E-state index contributed by atoms with van der Waals surface area (Å²) in [5, 5.41) is 0. The highest BCUT2D eigenvalue weighted by Crippen LogP contribution is 2.33. The van der Waals surface area contributed by atoms with Gasteiger partial charge in [-0.15, -0.1) is 0 Å². The van der Waals surface area contributed by atoms with Crippen LogP contribution in [-0.4, -0.2) is 17.1 Å². The minimum Gasteiger partial charge on any atom is -0.493 e. The van der Waals surface area contributed by atoms with Gasteiger partial charge in [0.05, 0.1) is 18.1 Å². The Bertz CT molecular complexity index is 803. The molecule has 2 N–H and O–H groups in total. The monoisotopic (exact) mass is 281 g/mol. The molecule has 3 rings (SSSR count). The molecule has 0 atom stereocenters. The number of nitrogens with zero attached hydrogens (tertiary/aromatic N) is 2. The van der Waals surface area contributed by atoms with Crippen molar-refractivity contribution in [3.63, 3.8) is 0 Å². The minimum absolute atomic E-state index is 0.247. The molecule has 0 saturated heterocycles. The number of nitrogens with two attached hydrogens (primary N) is 1. The number of anilines is 1. The molecule has 0 aliphatic carbocycles. The summed E-state index contributed by atoms with van der Waals surface area (Å²) in [4.78, 5) is 8.70. The van der Waals surface area contributed by atoms with Crippen molar-refractivity contribution in [1.29, 1.82) is 0 Å². The molecule has 0 unspecified atom stereocenters. The van der Waals surface area contributed by atoms with Crippen LogP contribution in [0.15, 0.2) is 42.5 Å². The van der Waals surface area contributed by atoms with Gasteiger partial charge in [-0.1, -0.05) is 18.2 Å². The van der Waals surface area contributed by atoms with Crippen LogP contribution in [0.2, 0.25) is 0 Å². The number of para-hydroxylation sites is 2. The second kappa shape index (κ2) is 5.28. The fourth-order valence-electron chi connectivity index (χ4n) is 2.04. The molecule has 106 valence electrons. The van der Waals surface area contributed by atoms with E-state index in [1.807, 2.05) is 49.4 Å². The molecule has 0 spiro atoms. The second-order valence-electron chi connectivity index (χ2n) is 4.66. The maximum Gasteiger partial charge on any atom is 0.263 e. The zero-order valence-electron chi connectivity index (χ0n) is 11.8. The molecule has 1 aromatic heterocycles. The molecule has 0 radical (unpaired) electrons. The fraction of sp³-hybridized carbons (Fsp3) is 0.125. The van der Waals surface area contributed by atoms with Crippen LogP contribution in [0.1, 0.15) is 5.56 Å². The summed E-state index contributed by atoms with van der Waals surface area (Å²) in [6.07, 6.45) is 0. The molecule has 2 aromatic carbocycles. The van der Waals surface area contributed by atoms with Crippen molar-refractivity contribution in [1.82, 2.24) is 9.97 Å². The molecule has 0 saturated carbocycles. The lowest BCUT2D eigenvalue weighted by molar-refractivity contribution is 0.374. The van der Waals surface area contributed by atoms with Crippen molar-refractivity contribution in [3.05, 3.63) is 48.0 Å². The molecular formula is C16H15N3O2. The zero-order valence-corrected chi connectivity index (χ0v) is 11.8. The van der Waals surface area contributed by atoms with Gasteiger partial charge in [0, 0.05) is 0 Å². The smallest absolute Gasteiger partial charge is 0.263 e. The predicted molar refractivity (Wildman–Crippen MR) is 81.8 cm³/mol. The van der Waals surface area contributed by atoms with Gasteiger partial charge in [-0.3, -0.25) is 0 Å². The van der Waals surface area contributed by atoms with Crippen LogP contribution in [0.25, 0.3) is 11.0 Å². The molecular weight excluding hydrogens is 266 g/mol. The lowest BCUT2D eigenvalue weighted by Crippen LogP contribution is -2.00. The normalized spacial score (nSPS) is 10.6. The molecule has 0 bridgehead atoms. The third-order valence-electron chi connectivity index (χ3n) is 3.09. The number of hydrogen-bond acceptors (Lipinski definition) is 5. The molecule has 21 heavy (non-hydrogen) atoms. The van der Waals surface area contributed by atoms with E-state index in [9.17, 15) is 0 Å². The Morgan fingerprint density at radius 3 is 2.38 bits per heavy atom. The van der Waals surface area contributed by atoms with Crippen LogP contribution in [0.3, 0.4) is 0 Å². The van der Waals surface area contributed by atoms with E-state index in [1.54, 1.807) is 7.11 Å². The van der Waals surface area contributed by atoms with E-state index < -0.39 is 0 Å². The van der Waals surface area contributed by atoms with Gasteiger partial charge in [-0.25, -0.2) is 9.97 Å². The third kappa shape index (κ3) is 2.58. The Balaban J connectivity index is 2.03. The van der Waals surface area contributed by atoms with Crippen molar-refractivity contribution in [2.45, 2.75) is 6.92 Å². The van der Waals surface area contributed by atoms with Crippen LogP contribution < -0.4 is 15.2 Å². The Morgan fingerprint density at radius 2 is 1.67 bits per heavy atom. The quantitative estimate of drug-likeness (QED) is 0.797. The van der Waals surface area contributed by atoms with E-state index in [1.165, 1.54) is 0 Å². The van der Waals surface area contributed by atoms with E-state index in [0.29, 0.717) is 11.5 Å². The van der Waals surface area contributed by atoms with Crippen molar-refractivity contribution in [2.24, 2.45) is 0 Å². The summed E-state index contributed by atoms with van der Waals surface area (Å²) in [6, 6.07) is 13.1. The molecule has 5 nitrogen and oxygen atoms in total. The standard InChI is InChI=1S/C16H15N3O2/c1-10-7-8-13(14(9-10)20-2)21-16-15(17)18-11-5-3-4-6-12(11)19-16/h3-9H,1-2H3,(H2,17,18). The summed E-state index contributed by atoms with van der Waals surface area (Å²) < 4.78 is 11.1. The summed E-state index contributed by atoms with van der Waals surface area (Å²) in [6.45, 7) is 1.98. The third-order valence-corrected chi connectivity index (χ3v) is 3.09. The number of hydrogen-bond donors (Lipinski definition) is 1. The van der Waals surface area contributed by atoms with E-state index in [4.69, 9.17) is 15.2 Å². The van der Waals surface area contributed by atoms with E-state index in [2.05, 4.69) is 9.97 Å². The van der Waals surface area contributed by atoms with Crippen LogP contribution in [-0.2, 0) is 0 Å². The number of aryl methyl sites for hydroxylation is 1. The number of aromatic nitrogens is 2. The highest BCUT2D eigenvalue weighted by molar-refractivity contribution is 5.76. The van der Waals surface area contributed by atoms with Crippen LogP contribution in [0.4, 0.5) is 5.82 Å². The first kappa shape index (κ1) is 13.2. The number of ether oxygens (including phenoxy) is 2. The second-order valence-corrected chi connectivity index (χ2v) is 4.66. The summed E-state index contributed by atoms with van der Waals surface area (Å²) >= 11 is 0. The lowest BCUT2D eigenvalue weighted by atomic mass is 10.2. The van der Waals surface area contributed by atoms with Gasteiger partial charge in [-0.2, -0.15) is 0 Å². The molecule has 5 heteroatoms. The van der Waals surface area contributed by atoms with Crippen molar-refractivity contribution >= 4 is 16.9 Å². The van der Waals surface area contributed by atoms with Crippen molar-refractivity contribution < 1.29 is 9.47 Å². The van der Waals surface area contributed by atoms with Crippen LogP contribution in [0, 0.1) is 6.92 Å². The van der Waals surface area contributed by atoms with Gasteiger partial charge < -0.3 is 15.2 Å². The van der Waals surface area contributed by atoms with E-state index in [0.717, 1.165) is 16.6 Å². The molecule has 1 heterocycles. The van der Waals surface area contributed by atoms with E-state index >= 15 is 0 Å². The van der Waals surface area contributed by atoms with Crippen molar-refractivity contribution in [3.8, 4) is 17.4 Å². The topological polar surface area (TPSA) is 70.3 Å². The van der Waals surface area contributed by atoms with Gasteiger partial charge in [0.1, 0.15) is 0 Å². The maximum absolute atomic E-state index is 5.92. The average molecular weight is 281 g/mol. The number of nitrogen functional groups attached to an aromatic ring is 1. The van der Waals surface area contributed by atoms with Crippen LogP contribution >= 0.6 is 0 Å². The SMILES string of the molecule is COc1cc(C)ccc1Oc1nc2ccccc2nc1N. The molecule has 0 aliphatic heterocycles. The van der Waals surface area contributed by atoms with Crippen molar-refractivity contribution in [2.75, 3.05) is 12.8 Å². The summed E-state index contributed by atoms with van der Waals surface area (Å²) in [5.41, 5.74) is 8.46. The Hall–Kier alpha value is -2.82. The first-order valence-electron chi connectivity index (χ1n) is 6.52. The first-order valence-corrected chi connectivity index (χ1v) is 6.52.